The molecule has 0 saturated carbocycles. The maximum absolute atomic E-state index is 10.8. The Labute approximate surface area is 126 Å². The highest BCUT2D eigenvalue weighted by molar-refractivity contribution is 5.72. The molecular formula is C16H25N3O2. The molecule has 0 aromatic heterocycles. The first kappa shape index (κ1) is 15.6. The predicted molar refractivity (Wildman–Crippen MR) is 84.9 cm³/mol. The lowest BCUT2D eigenvalue weighted by molar-refractivity contribution is -0.118. The van der Waals surface area contributed by atoms with Crippen LogP contribution in [0.15, 0.2) is 18.2 Å². The van der Waals surface area contributed by atoms with Crippen molar-refractivity contribution >= 4 is 11.6 Å². The van der Waals surface area contributed by atoms with Crippen molar-refractivity contribution in [3.8, 4) is 5.75 Å². The molecule has 1 atom stereocenters. The zero-order valence-corrected chi connectivity index (χ0v) is 12.9. The number of anilines is 1. The molecule has 0 saturated heterocycles. The first-order chi connectivity index (χ1) is 10.1. The second-order valence-corrected chi connectivity index (χ2v) is 5.50. The van der Waals surface area contributed by atoms with Gasteiger partial charge in [-0.15, -0.1) is 0 Å². The van der Waals surface area contributed by atoms with Crippen molar-refractivity contribution in [3.05, 3.63) is 23.8 Å². The standard InChI is InChI=1S/C16H25N3O2/c1-12(17-6-3-7-18-13(2)20)10-14-4-5-16-15(11-14)19-8-9-21-16/h4-5,11-12,17,19H,3,6-10H2,1-2H3,(H,18,20). The van der Waals surface area contributed by atoms with E-state index in [1.807, 2.05) is 6.07 Å². The minimum Gasteiger partial charge on any atom is -0.490 e. The third kappa shape index (κ3) is 5.27. The number of hydrogen-bond donors (Lipinski definition) is 3. The molecule has 1 unspecified atom stereocenters. The number of fused-ring (bicyclic) bond motifs is 1. The van der Waals surface area contributed by atoms with Gasteiger partial charge in [-0.1, -0.05) is 6.07 Å². The molecule has 0 fully saturated rings. The lowest BCUT2D eigenvalue weighted by Crippen LogP contribution is -2.31. The summed E-state index contributed by atoms with van der Waals surface area (Å²) in [5.41, 5.74) is 2.39. The van der Waals surface area contributed by atoms with Gasteiger partial charge in [0.05, 0.1) is 5.69 Å². The van der Waals surface area contributed by atoms with Gasteiger partial charge in [0.15, 0.2) is 0 Å². The quantitative estimate of drug-likeness (QED) is 0.667. The van der Waals surface area contributed by atoms with Gasteiger partial charge in [-0.2, -0.15) is 0 Å². The molecule has 1 aliphatic rings. The van der Waals surface area contributed by atoms with Crippen LogP contribution >= 0.6 is 0 Å². The summed E-state index contributed by atoms with van der Waals surface area (Å²) in [6, 6.07) is 6.75. The van der Waals surface area contributed by atoms with Crippen LogP contribution < -0.4 is 20.7 Å². The largest absolute Gasteiger partial charge is 0.490 e. The molecule has 0 aliphatic carbocycles. The number of ether oxygens (including phenoxy) is 1. The van der Waals surface area contributed by atoms with Gasteiger partial charge >= 0.3 is 0 Å². The van der Waals surface area contributed by atoms with E-state index in [9.17, 15) is 4.79 Å². The van der Waals surface area contributed by atoms with Crippen LogP contribution in [0.3, 0.4) is 0 Å². The fourth-order valence-corrected chi connectivity index (χ4v) is 2.44. The lowest BCUT2D eigenvalue weighted by atomic mass is 10.1. The van der Waals surface area contributed by atoms with Crippen molar-refractivity contribution in [2.45, 2.75) is 32.7 Å². The maximum Gasteiger partial charge on any atom is 0.216 e. The van der Waals surface area contributed by atoms with E-state index in [1.165, 1.54) is 5.56 Å². The van der Waals surface area contributed by atoms with Crippen molar-refractivity contribution in [2.24, 2.45) is 0 Å². The van der Waals surface area contributed by atoms with Gasteiger partial charge in [-0.05, 0) is 44.0 Å². The first-order valence-corrected chi connectivity index (χ1v) is 7.62. The number of carbonyl (C=O) groups excluding carboxylic acids is 1. The molecule has 1 amide bonds. The monoisotopic (exact) mass is 291 g/mol. The van der Waals surface area contributed by atoms with E-state index in [0.29, 0.717) is 6.04 Å². The molecule has 21 heavy (non-hydrogen) atoms. The Kier molecular flexibility index (Phi) is 5.87. The van der Waals surface area contributed by atoms with Crippen LogP contribution in [0.1, 0.15) is 25.8 Å². The van der Waals surface area contributed by atoms with Crippen molar-refractivity contribution < 1.29 is 9.53 Å². The fourth-order valence-electron chi connectivity index (χ4n) is 2.44. The molecule has 2 rings (SSSR count). The SMILES string of the molecule is CC(=O)NCCCNC(C)Cc1ccc2c(c1)NCCO2. The van der Waals surface area contributed by atoms with Gasteiger partial charge < -0.3 is 20.7 Å². The minimum absolute atomic E-state index is 0.0341. The first-order valence-electron chi connectivity index (χ1n) is 7.62. The number of hydrogen-bond acceptors (Lipinski definition) is 4. The van der Waals surface area contributed by atoms with Crippen molar-refractivity contribution in [1.82, 2.24) is 10.6 Å². The Morgan fingerprint density at radius 3 is 3.10 bits per heavy atom. The Hall–Kier alpha value is -1.75. The molecule has 1 aliphatic heterocycles. The van der Waals surface area contributed by atoms with E-state index in [1.54, 1.807) is 6.92 Å². The zero-order valence-electron chi connectivity index (χ0n) is 12.9. The number of nitrogens with one attached hydrogen (secondary N) is 3. The Morgan fingerprint density at radius 2 is 2.29 bits per heavy atom. The van der Waals surface area contributed by atoms with Gasteiger partial charge in [-0.25, -0.2) is 0 Å². The molecule has 1 aromatic rings. The summed E-state index contributed by atoms with van der Waals surface area (Å²) in [7, 11) is 0. The third-order valence-corrected chi connectivity index (χ3v) is 3.48. The summed E-state index contributed by atoms with van der Waals surface area (Å²) >= 11 is 0. The Balaban J connectivity index is 1.72. The van der Waals surface area contributed by atoms with Gasteiger partial charge in [0.2, 0.25) is 5.91 Å². The maximum atomic E-state index is 10.8. The highest BCUT2D eigenvalue weighted by atomic mass is 16.5. The van der Waals surface area contributed by atoms with Crippen molar-refractivity contribution in [3.63, 3.8) is 0 Å². The Bertz CT molecular complexity index is 477. The molecular weight excluding hydrogens is 266 g/mol. The third-order valence-electron chi connectivity index (χ3n) is 3.48. The molecule has 5 heteroatoms. The highest BCUT2D eigenvalue weighted by Gasteiger charge is 2.11. The molecule has 0 spiro atoms. The molecule has 0 bridgehead atoms. The lowest BCUT2D eigenvalue weighted by Gasteiger charge is -2.20. The van der Waals surface area contributed by atoms with Gasteiger partial charge in [-0.3, -0.25) is 4.79 Å². The second-order valence-electron chi connectivity index (χ2n) is 5.50. The highest BCUT2D eigenvalue weighted by Crippen LogP contribution is 2.28. The molecule has 0 radical (unpaired) electrons. The van der Waals surface area contributed by atoms with Crippen LogP contribution in [0, 0.1) is 0 Å². The van der Waals surface area contributed by atoms with E-state index in [-0.39, 0.29) is 5.91 Å². The topological polar surface area (TPSA) is 62.4 Å². The van der Waals surface area contributed by atoms with Crippen molar-refractivity contribution in [1.29, 1.82) is 0 Å². The normalized spacial score (nSPS) is 14.6. The summed E-state index contributed by atoms with van der Waals surface area (Å²) in [6.07, 6.45) is 1.93. The molecule has 116 valence electrons. The van der Waals surface area contributed by atoms with Crippen molar-refractivity contribution in [2.75, 3.05) is 31.6 Å². The summed E-state index contributed by atoms with van der Waals surface area (Å²) in [5.74, 6) is 0.979. The summed E-state index contributed by atoms with van der Waals surface area (Å²) in [5, 5.41) is 9.65. The van der Waals surface area contributed by atoms with Crippen LogP contribution in [0.4, 0.5) is 5.69 Å². The van der Waals surface area contributed by atoms with Crippen LogP contribution in [0.2, 0.25) is 0 Å². The summed E-state index contributed by atoms with van der Waals surface area (Å²) < 4.78 is 5.58. The fraction of sp³-hybridized carbons (Fsp3) is 0.562. The average molecular weight is 291 g/mol. The predicted octanol–water partition coefficient (Wildman–Crippen LogP) is 1.54. The molecule has 1 aromatic carbocycles. The number of carbonyl (C=O) groups is 1. The number of benzene rings is 1. The number of amides is 1. The van der Waals surface area contributed by atoms with Gasteiger partial charge in [0.1, 0.15) is 12.4 Å². The van der Waals surface area contributed by atoms with E-state index >= 15 is 0 Å². The van der Waals surface area contributed by atoms with Gasteiger partial charge in [0.25, 0.3) is 0 Å². The molecule has 3 N–H and O–H groups in total. The summed E-state index contributed by atoms with van der Waals surface area (Å²) in [4.78, 5) is 10.8. The van der Waals surface area contributed by atoms with Gasteiger partial charge in [0, 0.05) is 26.1 Å². The molecule has 5 nitrogen and oxygen atoms in total. The summed E-state index contributed by atoms with van der Waals surface area (Å²) in [6.45, 7) is 6.97. The smallest absolute Gasteiger partial charge is 0.216 e. The van der Waals surface area contributed by atoms with E-state index in [0.717, 1.165) is 50.5 Å². The Morgan fingerprint density at radius 1 is 1.43 bits per heavy atom. The van der Waals surface area contributed by atoms with Crippen LogP contribution in [0.5, 0.6) is 5.75 Å². The molecule has 1 heterocycles. The number of rotatable bonds is 7. The zero-order chi connectivity index (χ0) is 15.1. The van der Waals surface area contributed by atoms with Crippen LogP contribution in [-0.2, 0) is 11.2 Å². The second kappa shape index (κ2) is 7.88. The van der Waals surface area contributed by atoms with E-state index in [4.69, 9.17) is 4.74 Å². The van der Waals surface area contributed by atoms with Crippen LogP contribution in [0.25, 0.3) is 0 Å². The van der Waals surface area contributed by atoms with E-state index in [2.05, 4.69) is 35.0 Å². The average Bonchev–Trinajstić information content (AvgIpc) is 2.46. The van der Waals surface area contributed by atoms with Crippen LogP contribution in [-0.4, -0.2) is 38.2 Å². The minimum atomic E-state index is 0.0341. The van der Waals surface area contributed by atoms with E-state index < -0.39 is 0 Å².